The molecule has 2 saturated carbocycles. The molecule has 0 aromatic rings. The summed E-state index contributed by atoms with van der Waals surface area (Å²) in [6.07, 6.45) is 1.23. The Morgan fingerprint density at radius 3 is 2.21 bits per heavy atom. The van der Waals surface area contributed by atoms with Crippen molar-refractivity contribution in [3.63, 3.8) is 0 Å². The summed E-state index contributed by atoms with van der Waals surface area (Å²) in [7, 11) is 0. The standard InChI is InChI=1S/C10H14O4/c1-5-3-9(2)6(7(11)12)10(9,4-5)8(13)14/h5-6H,3-4H2,1-2H3,(H,11,12)(H,13,14). The molecule has 4 heteroatoms. The van der Waals surface area contributed by atoms with Crippen LogP contribution in [-0.4, -0.2) is 22.2 Å². The van der Waals surface area contributed by atoms with Gasteiger partial charge in [0.25, 0.3) is 0 Å². The molecule has 0 aromatic heterocycles. The molecule has 0 aromatic carbocycles. The molecule has 2 N–H and O–H groups in total. The van der Waals surface area contributed by atoms with E-state index >= 15 is 0 Å². The van der Waals surface area contributed by atoms with E-state index in [4.69, 9.17) is 10.2 Å². The van der Waals surface area contributed by atoms with Gasteiger partial charge in [0.15, 0.2) is 0 Å². The number of rotatable bonds is 2. The van der Waals surface area contributed by atoms with E-state index in [1.807, 2.05) is 6.92 Å². The molecular formula is C10H14O4. The van der Waals surface area contributed by atoms with E-state index < -0.39 is 28.7 Å². The summed E-state index contributed by atoms with van der Waals surface area (Å²) in [5, 5.41) is 18.1. The molecule has 0 bridgehead atoms. The molecule has 2 rings (SSSR count). The number of carboxylic acid groups (broad SMARTS) is 2. The van der Waals surface area contributed by atoms with Crippen molar-refractivity contribution < 1.29 is 19.8 Å². The average Bonchev–Trinajstić information content (AvgIpc) is 2.38. The second-order valence-corrected chi connectivity index (χ2v) is 4.98. The number of fused-ring (bicyclic) bond motifs is 1. The second kappa shape index (κ2) is 2.30. The summed E-state index contributed by atoms with van der Waals surface area (Å²) < 4.78 is 0. The van der Waals surface area contributed by atoms with Crippen molar-refractivity contribution in [2.24, 2.45) is 22.7 Å². The predicted molar refractivity (Wildman–Crippen MR) is 47.7 cm³/mol. The third kappa shape index (κ3) is 0.751. The summed E-state index contributed by atoms with van der Waals surface area (Å²) in [6, 6.07) is 0. The van der Waals surface area contributed by atoms with Gasteiger partial charge in [-0.05, 0) is 24.2 Å². The Bertz CT molecular complexity index is 324. The molecule has 0 aliphatic heterocycles. The van der Waals surface area contributed by atoms with E-state index in [1.54, 1.807) is 6.92 Å². The maximum absolute atomic E-state index is 11.2. The Morgan fingerprint density at radius 1 is 1.29 bits per heavy atom. The lowest BCUT2D eigenvalue weighted by molar-refractivity contribution is -0.149. The zero-order chi connectivity index (χ0) is 10.7. The topological polar surface area (TPSA) is 74.6 Å². The molecule has 0 amide bonds. The first-order valence-corrected chi connectivity index (χ1v) is 4.82. The first-order chi connectivity index (χ1) is 6.36. The molecule has 4 nitrogen and oxygen atoms in total. The zero-order valence-corrected chi connectivity index (χ0v) is 8.28. The van der Waals surface area contributed by atoms with Crippen LogP contribution in [0.1, 0.15) is 26.7 Å². The van der Waals surface area contributed by atoms with E-state index in [-0.39, 0.29) is 0 Å². The van der Waals surface area contributed by atoms with Crippen LogP contribution in [0.5, 0.6) is 0 Å². The van der Waals surface area contributed by atoms with Crippen LogP contribution in [-0.2, 0) is 9.59 Å². The van der Waals surface area contributed by atoms with Crippen molar-refractivity contribution in [2.75, 3.05) is 0 Å². The monoisotopic (exact) mass is 198 g/mol. The first kappa shape index (κ1) is 9.49. The van der Waals surface area contributed by atoms with E-state index in [1.165, 1.54) is 0 Å². The number of aliphatic carboxylic acids is 2. The average molecular weight is 198 g/mol. The summed E-state index contributed by atoms with van der Waals surface area (Å²) in [5.74, 6) is -2.24. The second-order valence-electron chi connectivity index (χ2n) is 4.98. The number of carbonyl (C=O) groups is 2. The predicted octanol–water partition coefficient (Wildman–Crippen LogP) is 1.21. The molecule has 0 saturated heterocycles. The molecule has 2 fully saturated rings. The highest BCUT2D eigenvalue weighted by molar-refractivity contribution is 5.92. The minimum Gasteiger partial charge on any atom is -0.481 e. The van der Waals surface area contributed by atoms with Crippen LogP contribution in [0.2, 0.25) is 0 Å². The number of carboxylic acids is 2. The molecular weight excluding hydrogens is 184 g/mol. The number of hydrogen-bond donors (Lipinski definition) is 2. The fraction of sp³-hybridized carbons (Fsp3) is 0.800. The number of hydrogen-bond acceptors (Lipinski definition) is 2. The van der Waals surface area contributed by atoms with Gasteiger partial charge in [0.1, 0.15) is 0 Å². The fourth-order valence-corrected chi connectivity index (χ4v) is 3.69. The van der Waals surface area contributed by atoms with Gasteiger partial charge in [-0.2, -0.15) is 0 Å². The summed E-state index contributed by atoms with van der Waals surface area (Å²) >= 11 is 0. The van der Waals surface area contributed by atoms with Crippen LogP contribution in [0.3, 0.4) is 0 Å². The van der Waals surface area contributed by atoms with E-state index in [0.29, 0.717) is 12.3 Å². The lowest BCUT2D eigenvalue weighted by atomic mass is 9.94. The molecule has 2 aliphatic rings. The Hall–Kier alpha value is -1.06. The highest BCUT2D eigenvalue weighted by Crippen LogP contribution is 2.78. The third-order valence-corrected chi connectivity index (χ3v) is 4.14. The van der Waals surface area contributed by atoms with Gasteiger partial charge in [-0.25, -0.2) is 0 Å². The normalized spacial score (nSPS) is 49.9. The molecule has 78 valence electrons. The van der Waals surface area contributed by atoms with Crippen molar-refractivity contribution in [3.05, 3.63) is 0 Å². The summed E-state index contributed by atoms with van der Waals surface area (Å²) in [6.45, 7) is 3.78. The molecule has 0 heterocycles. The molecule has 2 aliphatic carbocycles. The zero-order valence-electron chi connectivity index (χ0n) is 8.28. The molecule has 0 radical (unpaired) electrons. The van der Waals surface area contributed by atoms with Gasteiger partial charge in [0.2, 0.25) is 0 Å². The lowest BCUT2D eigenvalue weighted by Crippen LogP contribution is -2.21. The van der Waals surface area contributed by atoms with Gasteiger partial charge in [-0.15, -0.1) is 0 Å². The summed E-state index contributed by atoms with van der Waals surface area (Å²) in [4.78, 5) is 22.1. The van der Waals surface area contributed by atoms with Gasteiger partial charge in [0.05, 0.1) is 11.3 Å². The maximum Gasteiger partial charge on any atom is 0.311 e. The Kier molecular flexibility index (Phi) is 1.56. The Morgan fingerprint density at radius 2 is 1.86 bits per heavy atom. The van der Waals surface area contributed by atoms with Crippen LogP contribution in [0, 0.1) is 22.7 Å². The van der Waals surface area contributed by atoms with Crippen molar-refractivity contribution in [3.8, 4) is 0 Å². The smallest absolute Gasteiger partial charge is 0.311 e. The molecule has 4 unspecified atom stereocenters. The van der Waals surface area contributed by atoms with Gasteiger partial charge in [-0.3, -0.25) is 9.59 Å². The van der Waals surface area contributed by atoms with Crippen molar-refractivity contribution in [1.29, 1.82) is 0 Å². The highest BCUT2D eigenvalue weighted by atomic mass is 16.4. The SMILES string of the molecule is CC1CC2(C)C(C(=O)O)C2(C(=O)O)C1. The third-order valence-electron chi connectivity index (χ3n) is 4.14. The van der Waals surface area contributed by atoms with E-state index in [0.717, 1.165) is 6.42 Å². The quantitative estimate of drug-likeness (QED) is 0.699. The van der Waals surface area contributed by atoms with Crippen LogP contribution in [0.15, 0.2) is 0 Å². The minimum absolute atomic E-state index is 0.326. The fourth-order valence-electron chi connectivity index (χ4n) is 3.69. The Balaban J connectivity index is 2.38. The van der Waals surface area contributed by atoms with Crippen LogP contribution in [0.25, 0.3) is 0 Å². The van der Waals surface area contributed by atoms with Gasteiger partial charge in [-0.1, -0.05) is 13.8 Å². The first-order valence-electron chi connectivity index (χ1n) is 4.82. The molecule has 4 atom stereocenters. The van der Waals surface area contributed by atoms with Crippen LogP contribution < -0.4 is 0 Å². The van der Waals surface area contributed by atoms with Crippen molar-refractivity contribution in [1.82, 2.24) is 0 Å². The van der Waals surface area contributed by atoms with Crippen LogP contribution >= 0.6 is 0 Å². The van der Waals surface area contributed by atoms with Gasteiger partial charge in [0, 0.05) is 0 Å². The van der Waals surface area contributed by atoms with Crippen molar-refractivity contribution >= 4 is 11.9 Å². The van der Waals surface area contributed by atoms with E-state index in [9.17, 15) is 9.59 Å². The molecule has 0 spiro atoms. The summed E-state index contributed by atoms with van der Waals surface area (Å²) in [5.41, 5.74) is -1.48. The van der Waals surface area contributed by atoms with E-state index in [2.05, 4.69) is 0 Å². The van der Waals surface area contributed by atoms with Gasteiger partial charge >= 0.3 is 11.9 Å². The highest BCUT2D eigenvalue weighted by Gasteiger charge is 2.84. The molecule has 14 heavy (non-hydrogen) atoms. The minimum atomic E-state index is -0.974. The maximum atomic E-state index is 11.2. The van der Waals surface area contributed by atoms with Crippen molar-refractivity contribution in [2.45, 2.75) is 26.7 Å². The van der Waals surface area contributed by atoms with Gasteiger partial charge < -0.3 is 10.2 Å². The van der Waals surface area contributed by atoms with Crippen LogP contribution in [0.4, 0.5) is 0 Å². The largest absolute Gasteiger partial charge is 0.481 e. The Labute approximate surface area is 81.9 Å². The lowest BCUT2D eigenvalue weighted by Gasteiger charge is -2.10.